The zero-order chi connectivity index (χ0) is 25.5. The van der Waals surface area contributed by atoms with Crippen LogP contribution in [0.15, 0.2) is 70.4 Å². The van der Waals surface area contributed by atoms with E-state index in [0.29, 0.717) is 34.8 Å². The van der Waals surface area contributed by atoms with Crippen molar-refractivity contribution in [3.63, 3.8) is 0 Å². The molecule has 5 rings (SSSR count). The third-order valence-electron chi connectivity index (χ3n) is 5.78. The van der Waals surface area contributed by atoms with E-state index < -0.39 is 21.8 Å². The van der Waals surface area contributed by atoms with Gasteiger partial charge in [-0.1, -0.05) is 12.1 Å². The molecule has 2 aromatic carbocycles. The minimum Gasteiger partial charge on any atom is -0.493 e. The SMILES string of the molecule is Cc1nc(-c2cc(C(F)(F)F)ccc2C2CCOc3cc(S(=O)(=O)Nc4ncccn4)ccc32)co1. The number of oxazole rings is 1. The first-order chi connectivity index (χ1) is 17.1. The van der Waals surface area contributed by atoms with E-state index in [1.54, 1.807) is 19.1 Å². The van der Waals surface area contributed by atoms with E-state index >= 15 is 0 Å². The molecule has 4 aromatic rings. The van der Waals surface area contributed by atoms with Crippen LogP contribution in [0.1, 0.15) is 34.9 Å². The van der Waals surface area contributed by atoms with Crippen molar-refractivity contribution in [3.05, 3.63) is 83.7 Å². The first kappa shape index (κ1) is 23.8. The number of benzene rings is 2. The van der Waals surface area contributed by atoms with E-state index in [9.17, 15) is 21.6 Å². The van der Waals surface area contributed by atoms with Crippen LogP contribution >= 0.6 is 0 Å². The van der Waals surface area contributed by atoms with Crippen molar-refractivity contribution in [1.82, 2.24) is 15.0 Å². The van der Waals surface area contributed by atoms with E-state index in [-0.39, 0.29) is 29.1 Å². The van der Waals surface area contributed by atoms with E-state index in [1.807, 2.05) is 0 Å². The molecule has 0 amide bonds. The molecule has 1 N–H and O–H groups in total. The van der Waals surface area contributed by atoms with Crippen molar-refractivity contribution >= 4 is 16.0 Å². The van der Waals surface area contributed by atoms with Crippen LogP contribution in [0.2, 0.25) is 0 Å². The molecule has 0 saturated heterocycles. The second kappa shape index (κ2) is 8.94. The molecule has 36 heavy (non-hydrogen) atoms. The van der Waals surface area contributed by atoms with Gasteiger partial charge in [0.1, 0.15) is 17.7 Å². The Hall–Kier alpha value is -3.93. The average molecular weight is 517 g/mol. The molecule has 12 heteroatoms. The molecule has 1 unspecified atom stereocenters. The number of rotatable bonds is 5. The molecule has 0 bridgehead atoms. The smallest absolute Gasteiger partial charge is 0.416 e. The van der Waals surface area contributed by atoms with Crippen LogP contribution in [0.3, 0.4) is 0 Å². The molecule has 0 aliphatic carbocycles. The first-order valence-electron chi connectivity index (χ1n) is 10.8. The van der Waals surface area contributed by atoms with Gasteiger partial charge in [0.25, 0.3) is 10.0 Å². The number of fused-ring (bicyclic) bond motifs is 1. The van der Waals surface area contributed by atoms with E-state index in [4.69, 9.17) is 9.15 Å². The highest BCUT2D eigenvalue weighted by molar-refractivity contribution is 7.92. The molecular weight excluding hydrogens is 497 g/mol. The zero-order valence-electron chi connectivity index (χ0n) is 18.8. The molecule has 0 radical (unpaired) electrons. The van der Waals surface area contributed by atoms with Gasteiger partial charge in [-0.15, -0.1) is 0 Å². The van der Waals surface area contributed by atoms with Gasteiger partial charge in [-0.25, -0.2) is 28.1 Å². The summed E-state index contributed by atoms with van der Waals surface area (Å²) < 4.78 is 79.4. The quantitative estimate of drug-likeness (QED) is 0.390. The predicted octanol–water partition coefficient (Wildman–Crippen LogP) is 5.17. The van der Waals surface area contributed by atoms with Gasteiger partial charge in [0.2, 0.25) is 5.95 Å². The molecular formula is C24H19F3N4O4S. The van der Waals surface area contributed by atoms with Crippen LogP contribution < -0.4 is 9.46 Å². The lowest BCUT2D eigenvalue weighted by molar-refractivity contribution is -0.137. The summed E-state index contributed by atoms with van der Waals surface area (Å²) in [6.45, 7) is 1.85. The van der Waals surface area contributed by atoms with Crippen LogP contribution in [0.5, 0.6) is 5.75 Å². The third-order valence-corrected chi connectivity index (χ3v) is 7.10. The summed E-state index contributed by atoms with van der Waals surface area (Å²) >= 11 is 0. The van der Waals surface area contributed by atoms with E-state index in [1.165, 1.54) is 36.9 Å². The van der Waals surface area contributed by atoms with Crippen LogP contribution in [0.25, 0.3) is 11.3 Å². The van der Waals surface area contributed by atoms with Gasteiger partial charge in [-0.05, 0) is 36.2 Å². The standard InChI is InChI=1S/C24H19F3N4O4S/c1-14-30-21(13-35-14)20-11-15(24(25,26)27)3-5-17(20)18-7-10-34-22-12-16(4-6-19(18)22)36(32,33)31-23-28-8-2-9-29-23/h2-6,8-9,11-13,18H,7,10H2,1H3,(H,28,29,31). The van der Waals surface area contributed by atoms with E-state index in [0.717, 1.165) is 12.1 Å². The largest absolute Gasteiger partial charge is 0.493 e. The van der Waals surface area contributed by atoms with Gasteiger partial charge in [0, 0.05) is 42.4 Å². The fourth-order valence-electron chi connectivity index (χ4n) is 4.14. The number of anilines is 1. The Morgan fingerprint density at radius 2 is 1.81 bits per heavy atom. The predicted molar refractivity (Wildman–Crippen MR) is 123 cm³/mol. The summed E-state index contributed by atoms with van der Waals surface area (Å²) in [6, 6.07) is 9.48. The molecule has 3 heterocycles. The van der Waals surface area contributed by atoms with E-state index in [2.05, 4.69) is 19.7 Å². The molecule has 0 spiro atoms. The molecule has 1 atom stereocenters. The van der Waals surface area contributed by atoms with Gasteiger partial charge in [-0.2, -0.15) is 13.2 Å². The average Bonchev–Trinajstić information content (AvgIpc) is 3.29. The van der Waals surface area contributed by atoms with Crippen molar-refractivity contribution in [2.45, 2.75) is 30.3 Å². The Labute approximate surface area is 204 Å². The lowest BCUT2D eigenvalue weighted by Gasteiger charge is -2.28. The number of sulfonamides is 1. The summed E-state index contributed by atoms with van der Waals surface area (Å²) in [7, 11) is -4.00. The Morgan fingerprint density at radius 3 is 2.50 bits per heavy atom. The van der Waals surface area contributed by atoms with Crippen molar-refractivity contribution in [2.24, 2.45) is 0 Å². The summed E-state index contributed by atoms with van der Waals surface area (Å²) in [6.07, 6.45) is 0.0805. The molecule has 8 nitrogen and oxygen atoms in total. The number of hydrogen-bond acceptors (Lipinski definition) is 7. The fraction of sp³-hybridized carbons (Fsp3) is 0.208. The Bertz CT molecular complexity index is 1520. The monoisotopic (exact) mass is 516 g/mol. The lowest BCUT2D eigenvalue weighted by atomic mass is 9.83. The first-order valence-corrected chi connectivity index (χ1v) is 12.3. The number of aromatic nitrogens is 3. The summed E-state index contributed by atoms with van der Waals surface area (Å²) in [4.78, 5) is 11.9. The normalized spacial score (nSPS) is 15.7. The maximum Gasteiger partial charge on any atom is 0.416 e. The van der Waals surface area contributed by atoms with Crippen LogP contribution in [0.4, 0.5) is 19.1 Å². The third kappa shape index (κ3) is 4.63. The highest BCUT2D eigenvalue weighted by Gasteiger charge is 2.34. The van der Waals surface area contributed by atoms with Crippen molar-refractivity contribution < 1.29 is 30.7 Å². The number of hydrogen-bond donors (Lipinski definition) is 1. The number of nitrogens with one attached hydrogen (secondary N) is 1. The Morgan fingerprint density at radius 1 is 1.06 bits per heavy atom. The number of ether oxygens (including phenoxy) is 1. The van der Waals surface area contributed by atoms with Crippen LogP contribution in [0, 0.1) is 6.92 Å². The minimum absolute atomic E-state index is 0.0610. The second-order valence-corrected chi connectivity index (χ2v) is 9.80. The lowest BCUT2D eigenvalue weighted by Crippen LogP contribution is -2.19. The number of alkyl halides is 3. The summed E-state index contributed by atoms with van der Waals surface area (Å²) in [5, 5.41) is 0. The molecule has 2 aromatic heterocycles. The van der Waals surface area contributed by atoms with Crippen molar-refractivity contribution in [1.29, 1.82) is 0 Å². The number of halogens is 3. The van der Waals surface area contributed by atoms with Gasteiger partial charge in [-0.3, -0.25) is 0 Å². The Kier molecular flexibility index (Phi) is 5.91. The van der Waals surface area contributed by atoms with Gasteiger partial charge < -0.3 is 9.15 Å². The number of nitrogens with zero attached hydrogens (tertiary/aromatic N) is 3. The summed E-state index contributed by atoms with van der Waals surface area (Å²) in [5.74, 6) is 0.215. The minimum atomic E-state index is -4.53. The molecule has 186 valence electrons. The van der Waals surface area contributed by atoms with Crippen molar-refractivity contribution in [3.8, 4) is 17.0 Å². The number of aryl methyl sites for hydroxylation is 1. The highest BCUT2D eigenvalue weighted by atomic mass is 32.2. The summed E-state index contributed by atoms with van der Waals surface area (Å²) in [5.41, 5.74) is 1.03. The molecule has 0 fully saturated rings. The topological polar surface area (TPSA) is 107 Å². The van der Waals surface area contributed by atoms with Gasteiger partial charge in [0.05, 0.1) is 17.1 Å². The zero-order valence-corrected chi connectivity index (χ0v) is 19.6. The highest BCUT2D eigenvalue weighted by Crippen LogP contribution is 2.44. The fourth-order valence-corrected chi connectivity index (χ4v) is 5.11. The van der Waals surface area contributed by atoms with Gasteiger partial charge >= 0.3 is 6.18 Å². The molecule has 0 saturated carbocycles. The van der Waals surface area contributed by atoms with Crippen LogP contribution in [-0.4, -0.2) is 30.0 Å². The second-order valence-electron chi connectivity index (χ2n) is 8.12. The molecule has 1 aliphatic heterocycles. The Balaban J connectivity index is 1.55. The molecule has 1 aliphatic rings. The maximum absolute atomic E-state index is 13.5. The maximum atomic E-state index is 13.5. The van der Waals surface area contributed by atoms with Crippen molar-refractivity contribution in [2.75, 3.05) is 11.3 Å². The van der Waals surface area contributed by atoms with Crippen LogP contribution in [-0.2, 0) is 16.2 Å². The van der Waals surface area contributed by atoms with Gasteiger partial charge in [0.15, 0.2) is 5.89 Å².